The third-order valence-corrected chi connectivity index (χ3v) is 0.876. The maximum Gasteiger partial charge on any atom is 0.335 e. The molecule has 0 saturated heterocycles. The third kappa shape index (κ3) is 6.83. The summed E-state index contributed by atoms with van der Waals surface area (Å²) in [6.07, 6.45) is 1.68. The van der Waals surface area contributed by atoms with Crippen LogP contribution >= 0.6 is 0 Å². The van der Waals surface area contributed by atoms with E-state index in [0.29, 0.717) is 12.5 Å². The van der Waals surface area contributed by atoms with Gasteiger partial charge in [0.25, 0.3) is 0 Å². The van der Waals surface area contributed by atoms with Crippen molar-refractivity contribution in [1.82, 2.24) is 10.7 Å². The summed E-state index contributed by atoms with van der Waals surface area (Å²) < 4.78 is 0. The normalized spacial score (nSPS) is 10.5. The molecule has 0 aromatic carbocycles. The first-order chi connectivity index (χ1) is 5.16. The minimum atomic E-state index is -0.260. The summed E-state index contributed by atoms with van der Waals surface area (Å²) in [5, 5.41) is 6.26. The van der Waals surface area contributed by atoms with Crippen LogP contribution in [0.3, 0.4) is 0 Å². The van der Waals surface area contributed by atoms with Gasteiger partial charge in [-0.3, -0.25) is 0 Å². The average molecular weight is 157 g/mol. The topological polar surface area (TPSA) is 53.5 Å². The van der Waals surface area contributed by atoms with Crippen molar-refractivity contribution in [1.29, 1.82) is 0 Å². The maximum atomic E-state index is 10.7. The highest BCUT2D eigenvalue weighted by atomic mass is 16.2. The molecular formula is C7H15N3O. The smallest absolute Gasteiger partial charge is 0.335 e. The molecule has 0 aliphatic rings. The number of nitrogens with zero attached hydrogens (tertiary/aromatic N) is 1. The Morgan fingerprint density at radius 3 is 2.73 bits per heavy atom. The third-order valence-electron chi connectivity index (χ3n) is 0.876. The van der Waals surface area contributed by atoms with Gasteiger partial charge in [0.05, 0.1) is 0 Å². The molecule has 2 amide bonds. The number of hydrogen-bond acceptors (Lipinski definition) is 2. The van der Waals surface area contributed by atoms with E-state index in [1.54, 1.807) is 6.21 Å². The Morgan fingerprint density at radius 2 is 2.27 bits per heavy atom. The van der Waals surface area contributed by atoms with E-state index in [9.17, 15) is 4.79 Å². The van der Waals surface area contributed by atoms with Crippen LogP contribution in [0, 0.1) is 5.92 Å². The lowest BCUT2D eigenvalue weighted by molar-refractivity contribution is 0.242. The standard InChI is InChI=1S/C7H15N3O/c1-4-8-7(11)10-9-5-6(2)3/h5-6H,4H2,1-3H3,(H2,8,10,11)/b9-5+. The van der Waals surface area contributed by atoms with Crippen LogP contribution in [-0.2, 0) is 0 Å². The average Bonchev–Trinajstić information content (AvgIpc) is 1.87. The molecule has 0 aromatic rings. The van der Waals surface area contributed by atoms with Gasteiger partial charge in [0.15, 0.2) is 0 Å². The Balaban J connectivity index is 3.45. The van der Waals surface area contributed by atoms with Gasteiger partial charge in [0.2, 0.25) is 0 Å². The van der Waals surface area contributed by atoms with E-state index in [4.69, 9.17) is 0 Å². The van der Waals surface area contributed by atoms with Crippen LogP contribution in [0.15, 0.2) is 5.10 Å². The first kappa shape index (κ1) is 9.94. The van der Waals surface area contributed by atoms with Gasteiger partial charge in [0, 0.05) is 12.8 Å². The van der Waals surface area contributed by atoms with E-state index < -0.39 is 0 Å². The van der Waals surface area contributed by atoms with Gasteiger partial charge >= 0.3 is 6.03 Å². The van der Waals surface area contributed by atoms with E-state index in [2.05, 4.69) is 15.8 Å². The highest BCUT2D eigenvalue weighted by Crippen LogP contribution is 1.82. The second kappa shape index (κ2) is 5.70. The monoisotopic (exact) mass is 157 g/mol. The quantitative estimate of drug-likeness (QED) is 0.465. The Labute approximate surface area is 67.1 Å². The molecule has 0 bridgehead atoms. The van der Waals surface area contributed by atoms with Gasteiger partial charge in [-0.1, -0.05) is 13.8 Å². The second-order valence-corrected chi connectivity index (χ2v) is 2.49. The number of carbonyl (C=O) groups is 1. The highest BCUT2D eigenvalue weighted by molar-refractivity contribution is 5.74. The van der Waals surface area contributed by atoms with Crippen LogP contribution in [0.2, 0.25) is 0 Å². The molecule has 64 valence electrons. The summed E-state index contributed by atoms with van der Waals surface area (Å²) in [6, 6.07) is -0.260. The minimum absolute atomic E-state index is 0.260. The Bertz CT molecular complexity index is 143. The van der Waals surface area contributed by atoms with Gasteiger partial charge in [-0.05, 0) is 12.8 Å². The molecule has 4 nitrogen and oxygen atoms in total. The van der Waals surface area contributed by atoms with Crippen LogP contribution in [-0.4, -0.2) is 18.8 Å². The number of hydrazone groups is 1. The summed E-state index contributed by atoms with van der Waals surface area (Å²) >= 11 is 0. The van der Waals surface area contributed by atoms with Gasteiger partial charge in [0.1, 0.15) is 0 Å². The van der Waals surface area contributed by atoms with Crippen molar-refractivity contribution in [2.24, 2.45) is 11.0 Å². The fraction of sp³-hybridized carbons (Fsp3) is 0.714. The molecule has 0 radical (unpaired) electrons. The lowest BCUT2D eigenvalue weighted by atomic mass is 10.3. The number of rotatable bonds is 3. The summed E-state index contributed by atoms with van der Waals surface area (Å²) in [5.74, 6) is 0.358. The molecule has 11 heavy (non-hydrogen) atoms. The largest absolute Gasteiger partial charge is 0.337 e. The zero-order chi connectivity index (χ0) is 8.69. The van der Waals surface area contributed by atoms with Gasteiger partial charge in [-0.25, -0.2) is 10.2 Å². The number of nitrogens with one attached hydrogen (secondary N) is 2. The number of amides is 2. The minimum Gasteiger partial charge on any atom is -0.337 e. The molecule has 0 spiro atoms. The van der Waals surface area contributed by atoms with Gasteiger partial charge in [-0.15, -0.1) is 0 Å². The molecule has 0 heterocycles. The van der Waals surface area contributed by atoms with Crippen molar-refractivity contribution in [2.75, 3.05) is 6.54 Å². The molecule has 0 fully saturated rings. The van der Waals surface area contributed by atoms with Crippen LogP contribution in [0.1, 0.15) is 20.8 Å². The molecule has 2 N–H and O–H groups in total. The summed E-state index contributed by atoms with van der Waals surface area (Å²) in [5.41, 5.74) is 2.33. The van der Waals surface area contributed by atoms with E-state index >= 15 is 0 Å². The van der Waals surface area contributed by atoms with Crippen molar-refractivity contribution in [2.45, 2.75) is 20.8 Å². The molecule has 0 atom stereocenters. The molecule has 0 rings (SSSR count). The second-order valence-electron chi connectivity index (χ2n) is 2.49. The number of urea groups is 1. The SMILES string of the molecule is CCNC(=O)N/N=C/C(C)C. The first-order valence-electron chi connectivity index (χ1n) is 3.73. The summed E-state index contributed by atoms with van der Waals surface area (Å²) in [7, 11) is 0. The van der Waals surface area contributed by atoms with Crippen molar-refractivity contribution < 1.29 is 4.79 Å². The lowest BCUT2D eigenvalue weighted by Crippen LogP contribution is -2.31. The molecule has 0 saturated carbocycles. The first-order valence-corrected chi connectivity index (χ1v) is 3.73. The van der Waals surface area contributed by atoms with E-state index in [-0.39, 0.29) is 6.03 Å². The molecule has 0 unspecified atom stereocenters. The Kier molecular flexibility index (Phi) is 5.15. The number of carbonyl (C=O) groups excluding carboxylic acids is 1. The molecule has 0 aromatic heterocycles. The van der Waals surface area contributed by atoms with E-state index in [0.717, 1.165) is 0 Å². The van der Waals surface area contributed by atoms with Gasteiger partial charge < -0.3 is 5.32 Å². The van der Waals surface area contributed by atoms with E-state index in [1.165, 1.54) is 0 Å². The fourth-order valence-corrected chi connectivity index (χ4v) is 0.445. The fourth-order valence-electron chi connectivity index (χ4n) is 0.445. The van der Waals surface area contributed by atoms with Crippen LogP contribution in [0.25, 0.3) is 0 Å². The molecule has 0 aliphatic heterocycles. The Hall–Kier alpha value is -1.06. The van der Waals surface area contributed by atoms with Crippen LogP contribution < -0.4 is 10.7 Å². The molecular weight excluding hydrogens is 142 g/mol. The zero-order valence-corrected chi connectivity index (χ0v) is 7.22. The van der Waals surface area contributed by atoms with Crippen molar-refractivity contribution in [3.05, 3.63) is 0 Å². The van der Waals surface area contributed by atoms with Crippen molar-refractivity contribution >= 4 is 12.2 Å². The molecule has 4 heteroatoms. The van der Waals surface area contributed by atoms with E-state index in [1.807, 2.05) is 20.8 Å². The van der Waals surface area contributed by atoms with Crippen LogP contribution in [0.5, 0.6) is 0 Å². The summed E-state index contributed by atoms with van der Waals surface area (Å²) in [4.78, 5) is 10.7. The predicted molar refractivity (Wildman–Crippen MR) is 45.5 cm³/mol. The van der Waals surface area contributed by atoms with Crippen molar-refractivity contribution in [3.8, 4) is 0 Å². The Morgan fingerprint density at radius 1 is 1.64 bits per heavy atom. The van der Waals surface area contributed by atoms with Crippen molar-refractivity contribution in [3.63, 3.8) is 0 Å². The van der Waals surface area contributed by atoms with Crippen LogP contribution in [0.4, 0.5) is 4.79 Å². The van der Waals surface area contributed by atoms with Gasteiger partial charge in [-0.2, -0.15) is 5.10 Å². The maximum absolute atomic E-state index is 10.7. The molecule has 0 aliphatic carbocycles. The predicted octanol–water partition coefficient (Wildman–Crippen LogP) is 0.947. The zero-order valence-electron chi connectivity index (χ0n) is 7.22. The highest BCUT2D eigenvalue weighted by Gasteiger charge is 1.92. The number of hydrogen-bond donors (Lipinski definition) is 2. The summed E-state index contributed by atoms with van der Waals surface area (Å²) in [6.45, 7) is 6.45. The lowest BCUT2D eigenvalue weighted by Gasteiger charge is -1.99.